The minimum absolute atomic E-state index is 0.0752. The van der Waals surface area contributed by atoms with Gasteiger partial charge < -0.3 is 10.6 Å². The van der Waals surface area contributed by atoms with E-state index >= 15 is 0 Å². The topological polar surface area (TPSA) is 59.0 Å². The fourth-order valence-electron chi connectivity index (χ4n) is 2.06. The Morgan fingerprint density at radius 3 is 3.00 bits per heavy atom. The summed E-state index contributed by atoms with van der Waals surface area (Å²) < 4.78 is 1.76. The molecular weight excluding hydrogens is 240 g/mol. The van der Waals surface area contributed by atoms with Gasteiger partial charge in [-0.2, -0.15) is 5.10 Å². The molecule has 1 aliphatic rings. The predicted molar refractivity (Wildman–Crippen MR) is 65.8 cm³/mol. The number of carbonyl (C=O) groups excluding carboxylic acids is 1. The SMILES string of the molecule is Cc1nn(C)c(CNC2CCCNC2=O)c1Cl. The average molecular weight is 257 g/mol. The van der Waals surface area contributed by atoms with E-state index in [0.29, 0.717) is 11.6 Å². The molecule has 0 spiro atoms. The number of rotatable bonds is 3. The first-order valence-corrected chi connectivity index (χ1v) is 6.16. The van der Waals surface area contributed by atoms with Crippen molar-refractivity contribution >= 4 is 17.5 Å². The molecule has 1 aromatic rings. The van der Waals surface area contributed by atoms with Gasteiger partial charge in [0.25, 0.3) is 0 Å². The summed E-state index contributed by atoms with van der Waals surface area (Å²) in [4.78, 5) is 11.6. The third-order valence-electron chi connectivity index (χ3n) is 3.06. The van der Waals surface area contributed by atoms with E-state index in [4.69, 9.17) is 11.6 Å². The Morgan fingerprint density at radius 2 is 2.41 bits per heavy atom. The zero-order chi connectivity index (χ0) is 12.4. The Kier molecular flexibility index (Phi) is 3.69. The second-order valence-electron chi connectivity index (χ2n) is 4.34. The van der Waals surface area contributed by atoms with Crippen molar-refractivity contribution in [2.24, 2.45) is 7.05 Å². The molecule has 94 valence electrons. The van der Waals surface area contributed by atoms with Gasteiger partial charge in [-0.3, -0.25) is 9.48 Å². The van der Waals surface area contributed by atoms with Gasteiger partial charge >= 0.3 is 0 Å². The molecule has 0 saturated carbocycles. The highest BCUT2D eigenvalue weighted by atomic mass is 35.5. The van der Waals surface area contributed by atoms with Gasteiger partial charge in [0.05, 0.1) is 22.5 Å². The van der Waals surface area contributed by atoms with Crippen LogP contribution in [0.25, 0.3) is 0 Å². The van der Waals surface area contributed by atoms with E-state index in [2.05, 4.69) is 15.7 Å². The third kappa shape index (κ3) is 2.61. The van der Waals surface area contributed by atoms with E-state index in [-0.39, 0.29) is 11.9 Å². The lowest BCUT2D eigenvalue weighted by molar-refractivity contribution is -0.124. The Balaban J connectivity index is 1.99. The van der Waals surface area contributed by atoms with Gasteiger partial charge in [-0.05, 0) is 19.8 Å². The van der Waals surface area contributed by atoms with Gasteiger partial charge in [0.15, 0.2) is 0 Å². The molecule has 2 N–H and O–H groups in total. The molecule has 1 atom stereocenters. The summed E-state index contributed by atoms with van der Waals surface area (Å²) in [7, 11) is 1.86. The van der Waals surface area contributed by atoms with Crippen LogP contribution in [0.3, 0.4) is 0 Å². The van der Waals surface area contributed by atoms with Crippen LogP contribution in [0.2, 0.25) is 5.02 Å². The number of nitrogens with one attached hydrogen (secondary N) is 2. The van der Waals surface area contributed by atoms with Crippen molar-refractivity contribution in [2.45, 2.75) is 32.4 Å². The van der Waals surface area contributed by atoms with Gasteiger partial charge in [0, 0.05) is 20.1 Å². The number of carbonyl (C=O) groups is 1. The van der Waals surface area contributed by atoms with Crippen LogP contribution < -0.4 is 10.6 Å². The van der Waals surface area contributed by atoms with Crippen LogP contribution in [0.4, 0.5) is 0 Å². The van der Waals surface area contributed by atoms with Crippen LogP contribution in [0.5, 0.6) is 0 Å². The second-order valence-corrected chi connectivity index (χ2v) is 4.71. The fraction of sp³-hybridized carbons (Fsp3) is 0.636. The lowest BCUT2D eigenvalue weighted by atomic mass is 10.1. The maximum absolute atomic E-state index is 11.6. The van der Waals surface area contributed by atoms with Crippen molar-refractivity contribution in [1.82, 2.24) is 20.4 Å². The van der Waals surface area contributed by atoms with E-state index in [1.807, 2.05) is 14.0 Å². The lowest BCUT2D eigenvalue weighted by Crippen LogP contribution is -2.48. The van der Waals surface area contributed by atoms with Crippen molar-refractivity contribution in [1.29, 1.82) is 0 Å². The van der Waals surface area contributed by atoms with Gasteiger partial charge in [-0.1, -0.05) is 11.6 Å². The normalized spacial score (nSPS) is 20.4. The van der Waals surface area contributed by atoms with Crippen LogP contribution >= 0.6 is 11.6 Å². The van der Waals surface area contributed by atoms with Crippen molar-refractivity contribution in [2.75, 3.05) is 6.54 Å². The summed E-state index contributed by atoms with van der Waals surface area (Å²) in [5, 5.41) is 11.0. The quantitative estimate of drug-likeness (QED) is 0.839. The number of hydrogen-bond acceptors (Lipinski definition) is 3. The molecular formula is C11H17ClN4O. The first-order valence-electron chi connectivity index (χ1n) is 5.78. The summed E-state index contributed by atoms with van der Waals surface area (Å²) in [6.07, 6.45) is 1.89. The van der Waals surface area contributed by atoms with Crippen LogP contribution in [-0.2, 0) is 18.4 Å². The van der Waals surface area contributed by atoms with Crippen LogP contribution in [-0.4, -0.2) is 28.3 Å². The summed E-state index contributed by atoms with van der Waals surface area (Å²) >= 11 is 6.14. The Labute approximate surface area is 106 Å². The maximum Gasteiger partial charge on any atom is 0.237 e. The number of aromatic nitrogens is 2. The van der Waals surface area contributed by atoms with Crippen molar-refractivity contribution < 1.29 is 4.79 Å². The predicted octanol–water partition coefficient (Wildman–Crippen LogP) is 0.750. The second kappa shape index (κ2) is 5.06. The number of piperidine rings is 1. The van der Waals surface area contributed by atoms with Crippen molar-refractivity contribution in [3.63, 3.8) is 0 Å². The standard InChI is InChI=1S/C11H17ClN4O/c1-7-10(12)9(16(2)15-7)6-14-8-4-3-5-13-11(8)17/h8,14H,3-6H2,1-2H3,(H,13,17). The first kappa shape index (κ1) is 12.4. The number of hydrogen-bond donors (Lipinski definition) is 2. The molecule has 1 saturated heterocycles. The van der Waals surface area contributed by atoms with E-state index in [0.717, 1.165) is 30.8 Å². The van der Waals surface area contributed by atoms with E-state index in [1.165, 1.54) is 0 Å². The smallest absolute Gasteiger partial charge is 0.237 e. The Morgan fingerprint density at radius 1 is 1.65 bits per heavy atom. The zero-order valence-corrected chi connectivity index (χ0v) is 10.8. The Bertz CT molecular complexity index is 429. The average Bonchev–Trinajstić information content (AvgIpc) is 2.53. The summed E-state index contributed by atoms with van der Waals surface area (Å²) in [5.74, 6) is 0.0752. The molecule has 2 heterocycles. The van der Waals surface area contributed by atoms with E-state index in [1.54, 1.807) is 4.68 Å². The molecule has 17 heavy (non-hydrogen) atoms. The molecule has 1 unspecified atom stereocenters. The van der Waals surface area contributed by atoms with Crippen molar-refractivity contribution in [3.05, 3.63) is 16.4 Å². The molecule has 2 rings (SSSR count). The van der Waals surface area contributed by atoms with E-state index < -0.39 is 0 Å². The van der Waals surface area contributed by atoms with Crippen LogP contribution in [0, 0.1) is 6.92 Å². The van der Waals surface area contributed by atoms with Crippen LogP contribution in [0.15, 0.2) is 0 Å². The molecule has 0 aliphatic carbocycles. The lowest BCUT2D eigenvalue weighted by Gasteiger charge is -2.22. The monoisotopic (exact) mass is 256 g/mol. The maximum atomic E-state index is 11.6. The molecule has 0 bridgehead atoms. The van der Waals surface area contributed by atoms with Gasteiger partial charge in [0.1, 0.15) is 0 Å². The van der Waals surface area contributed by atoms with Crippen LogP contribution in [0.1, 0.15) is 24.2 Å². The largest absolute Gasteiger partial charge is 0.355 e. The molecule has 1 fully saturated rings. The third-order valence-corrected chi connectivity index (χ3v) is 3.55. The number of nitrogens with zero attached hydrogens (tertiary/aromatic N) is 2. The Hall–Kier alpha value is -1.07. The molecule has 6 heteroatoms. The molecule has 1 aliphatic heterocycles. The summed E-state index contributed by atoms with van der Waals surface area (Å²) in [6.45, 7) is 3.22. The summed E-state index contributed by atoms with van der Waals surface area (Å²) in [5.41, 5.74) is 1.74. The minimum atomic E-state index is -0.116. The first-order chi connectivity index (χ1) is 8.09. The van der Waals surface area contributed by atoms with E-state index in [9.17, 15) is 4.79 Å². The van der Waals surface area contributed by atoms with Gasteiger partial charge in [-0.25, -0.2) is 0 Å². The number of amides is 1. The molecule has 0 radical (unpaired) electrons. The summed E-state index contributed by atoms with van der Waals surface area (Å²) in [6, 6.07) is -0.116. The highest BCUT2D eigenvalue weighted by Gasteiger charge is 2.22. The fourth-order valence-corrected chi connectivity index (χ4v) is 2.29. The van der Waals surface area contributed by atoms with Crippen molar-refractivity contribution in [3.8, 4) is 0 Å². The molecule has 1 aromatic heterocycles. The molecule has 1 amide bonds. The highest BCUT2D eigenvalue weighted by Crippen LogP contribution is 2.19. The molecule has 0 aromatic carbocycles. The zero-order valence-electron chi connectivity index (χ0n) is 10.1. The number of aryl methyl sites for hydroxylation is 2. The minimum Gasteiger partial charge on any atom is -0.355 e. The molecule has 5 nitrogen and oxygen atoms in total. The van der Waals surface area contributed by atoms with Gasteiger partial charge in [-0.15, -0.1) is 0 Å². The highest BCUT2D eigenvalue weighted by molar-refractivity contribution is 6.31. The van der Waals surface area contributed by atoms with Gasteiger partial charge in [0.2, 0.25) is 5.91 Å². The number of halogens is 1.